The van der Waals surface area contributed by atoms with E-state index in [0.717, 1.165) is 0 Å². The maximum Gasteiger partial charge on any atom is 0.166 e. The van der Waals surface area contributed by atoms with E-state index < -0.39 is 0 Å². The fourth-order valence-electron chi connectivity index (χ4n) is 1.50. The van der Waals surface area contributed by atoms with Gasteiger partial charge in [0.05, 0.1) is 0 Å². The molecule has 1 saturated heterocycles. The molecular weight excluding hydrogens is 251 g/mol. The Hall–Kier alpha value is -0.680. The summed E-state index contributed by atoms with van der Waals surface area (Å²) in [7, 11) is 0. The highest BCUT2D eigenvalue weighted by Crippen LogP contribution is 2.26. The monoisotopic (exact) mass is 260 g/mol. The molecule has 1 fully saturated rings. The van der Waals surface area contributed by atoms with Gasteiger partial charge in [-0.15, -0.1) is 0 Å². The number of hydrogen-bond acceptors (Lipinski definition) is 3. The van der Waals surface area contributed by atoms with Gasteiger partial charge in [0.2, 0.25) is 0 Å². The molecule has 14 heavy (non-hydrogen) atoms. The fourth-order valence-corrected chi connectivity index (χ4v) is 1.80. The first kappa shape index (κ1) is 9.86. The quantitative estimate of drug-likeness (QED) is 0.874. The van der Waals surface area contributed by atoms with Gasteiger partial charge >= 0.3 is 0 Å². The Labute approximate surface area is 89.7 Å². The van der Waals surface area contributed by atoms with Gasteiger partial charge < -0.3 is 10.0 Å². The highest BCUT2D eigenvalue weighted by molar-refractivity contribution is 9.10. The molecule has 76 valence electrons. The van der Waals surface area contributed by atoms with Crippen LogP contribution >= 0.6 is 15.9 Å². The lowest BCUT2D eigenvalue weighted by molar-refractivity contribution is 0.199. The summed E-state index contributed by atoms with van der Waals surface area (Å²) in [4.78, 5) is 5.81. The predicted octanol–water partition coefficient (Wildman–Crippen LogP) is 1.41. The molecule has 1 N–H and O–H groups in total. The molecular formula is C9H10BrFN2O. The zero-order valence-electron chi connectivity index (χ0n) is 7.45. The maximum atomic E-state index is 13.4. The van der Waals surface area contributed by atoms with Crippen molar-refractivity contribution in [2.24, 2.45) is 5.92 Å². The molecule has 1 aliphatic rings. The number of aromatic nitrogens is 1. The number of hydrogen-bond donors (Lipinski definition) is 1. The van der Waals surface area contributed by atoms with Gasteiger partial charge in [0.15, 0.2) is 11.6 Å². The average molecular weight is 261 g/mol. The summed E-state index contributed by atoms with van der Waals surface area (Å²) in [5.41, 5.74) is 0. The first-order valence-electron chi connectivity index (χ1n) is 4.37. The summed E-state index contributed by atoms with van der Waals surface area (Å²) in [6.45, 7) is 1.53. The molecule has 5 heteroatoms. The van der Waals surface area contributed by atoms with Crippen molar-refractivity contribution in [2.75, 3.05) is 24.6 Å². The van der Waals surface area contributed by atoms with Crippen molar-refractivity contribution >= 4 is 21.7 Å². The van der Waals surface area contributed by atoms with E-state index in [-0.39, 0.29) is 18.3 Å². The molecule has 2 rings (SSSR count). The second kappa shape index (κ2) is 3.82. The van der Waals surface area contributed by atoms with E-state index in [9.17, 15) is 4.39 Å². The first-order chi connectivity index (χ1) is 6.70. The molecule has 0 atom stereocenters. The minimum Gasteiger partial charge on any atom is -0.396 e. The van der Waals surface area contributed by atoms with Crippen LogP contribution in [0.5, 0.6) is 0 Å². The Morgan fingerprint density at radius 2 is 2.36 bits per heavy atom. The van der Waals surface area contributed by atoms with Crippen LogP contribution < -0.4 is 4.90 Å². The third-order valence-electron chi connectivity index (χ3n) is 2.30. The summed E-state index contributed by atoms with van der Waals surface area (Å²) in [6, 6.07) is 1.40. The summed E-state index contributed by atoms with van der Waals surface area (Å²) in [5.74, 6) is 0.313. The molecule has 1 aromatic heterocycles. The zero-order chi connectivity index (χ0) is 10.1. The Bertz CT molecular complexity index is 342. The van der Waals surface area contributed by atoms with Crippen molar-refractivity contribution in [3.05, 3.63) is 22.6 Å². The smallest absolute Gasteiger partial charge is 0.166 e. The van der Waals surface area contributed by atoms with Crippen LogP contribution in [0.15, 0.2) is 16.7 Å². The molecule has 1 aliphatic heterocycles. The summed E-state index contributed by atoms with van der Waals surface area (Å²) < 4.78 is 14.0. The maximum absolute atomic E-state index is 13.4. The fraction of sp³-hybridized carbons (Fsp3) is 0.444. The van der Waals surface area contributed by atoms with Crippen LogP contribution in [0.3, 0.4) is 0 Å². The average Bonchev–Trinajstić information content (AvgIpc) is 2.06. The second-order valence-corrected chi connectivity index (χ2v) is 4.33. The molecule has 0 radical (unpaired) electrons. The third kappa shape index (κ3) is 1.74. The highest BCUT2D eigenvalue weighted by atomic mass is 79.9. The predicted molar refractivity (Wildman–Crippen MR) is 54.7 cm³/mol. The number of pyridine rings is 1. The molecule has 0 saturated carbocycles. The first-order valence-corrected chi connectivity index (χ1v) is 5.17. The van der Waals surface area contributed by atoms with E-state index >= 15 is 0 Å². The molecule has 0 aromatic carbocycles. The van der Waals surface area contributed by atoms with Gasteiger partial charge in [0.25, 0.3) is 0 Å². The molecule has 3 nitrogen and oxygen atoms in total. The minimum atomic E-state index is -0.323. The Balaban J connectivity index is 2.11. The minimum absolute atomic E-state index is 0.161. The lowest BCUT2D eigenvalue weighted by Crippen LogP contribution is -2.49. The van der Waals surface area contributed by atoms with Gasteiger partial charge in [-0.25, -0.2) is 9.37 Å². The van der Waals surface area contributed by atoms with Crippen molar-refractivity contribution in [3.63, 3.8) is 0 Å². The normalized spacial score (nSPS) is 16.9. The lowest BCUT2D eigenvalue weighted by atomic mass is 10.0. The van der Waals surface area contributed by atoms with Crippen LogP contribution in [0.2, 0.25) is 0 Å². The third-order valence-corrected chi connectivity index (χ3v) is 2.74. The molecule has 0 bridgehead atoms. The van der Waals surface area contributed by atoms with E-state index in [0.29, 0.717) is 23.4 Å². The number of halogens is 2. The summed E-state index contributed by atoms with van der Waals surface area (Å²) in [6.07, 6.45) is 1.57. The van der Waals surface area contributed by atoms with Crippen LogP contribution in [0, 0.1) is 11.7 Å². The number of anilines is 1. The van der Waals surface area contributed by atoms with E-state index in [1.807, 2.05) is 4.90 Å². The van der Waals surface area contributed by atoms with Gasteiger partial charge in [-0.05, 0) is 22.0 Å². The van der Waals surface area contributed by atoms with Crippen molar-refractivity contribution in [1.29, 1.82) is 0 Å². The molecule has 1 aromatic rings. The molecule has 2 heterocycles. The largest absolute Gasteiger partial charge is 0.396 e. The van der Waals surface area contributed by atoms with E-state index in [1.165, 1.54) is 6.07 Å². The van der Waals surface area contributed by atoms with Gasteiger partial charge in [0.1, 0.15) is 0 Å². The van der Waals surface area contributed by atoms with E-state index in [2.05, 4.69) is 20.9 Å². The molecule has 0 unspecified atom stereocenters. The van der Waals surface area contributed by atoms with Crippen LogP contribution in [0.25, 0.3) is 0 Å². The second-order valence-electron chi connectivity index (χ2n) is 3.41. The summed E-state index contributed by atoms with van der Waals surface area (Å²) in [5, 5.41) is 8.82. The van der Waals surface area contributed by atoms with Gasteiger partial charge in [-0.3, -0.25) is 0 Å². The van der Waals surface area contributed by atoms with Crippen molar-refractivity contribution in [1.82, 2.24) is 4.98 Å². The van der Waals surface area contributed by atoms with Gasteiger partial charge in [-0.1, -0.05) is 0 Å². The standard InChI is InChI=1S/C9H10BrFN2O/c10-7-1-8(11)9(12-2-7)13-3-6(4-13)5-14/h1-2,6,14H,3-5H2. The van der Waals surface area contributed by atoms with Crippen LogP contribution in [-0.4, -0.2) is 29.8 Å². The Morgan fingerprint density at radius 3 is 2.93 bits per heavy atom. The highest BCUT2D eigenvalue weighted by Gasteiger charge is 2.28. The number of rotatable bonds is 2. The Morgan fingerprint density at radius 1 is 1.64 bits per heavy atom. The van der Waals surface area contributed by atoms with E-state index in [4.69, 9.17) is 5.11 Å². The summed E-state index contributed by atoms with van der Waals surface area (Å²) >= 11 is 3.15. The van der Waals surface area contributed by atoms with Gasteiger partial charge in [-0.2, -0.15) is 0 Å². The van der Waals surface area contributed by atoms with Crippen LogP contribution in [0.1, 0.15) is 0 Å². The Kier molecular flexibility index (Phi) is 2.69. The zero-order valence-corrected chi connectivity index (χ0v) is 9.04. The van der Waals surface area contributed by atoms with Gasteiger partial charge in [0, 0.05) is 36.3 Å². The van der Waals surface area contributed by atoms with E-state index in [1.54, 1.807) is 6.20 Å². The number of nitrogens with zero attached hydrogens (tertiary/aromatic N) is 2. The topological polar surface area (TPSA) is 36.4 Å². The van der Waals surface area contributed by atoms with Crippen molar-refractivity contribution in [3.8, 4) is 0 Å². The van der Waals surface area contributed by atoms with Crippen molar-refractivity contribution < 1.29 is 9.50 Å². The molecule has 0 spiro atoms. The number of aliphatic hydroxyl groups is 1. The molecule has 0 amide bonds. The number of aliphatic hydroxyl groups excluding tert-OH is 1. The van der Waals surface area contributed by atoms with Crippen molar-refractivity contribution in [2.45, 2.75) is 0 Å². The van der Waals surface area contributed by atoms with Crippen LogP contribution in [-0.2, 0) is 0 Å². The SMILES string of the molecule is OCC1CN(c2ncc(Br)cc2F)C1. The molecule has 0 aliphatic carbocycles. The lowest BCUT2D eigenvalue weighted by Gasteiger charge is -2.39. The van der Waals surface area contributed by atoms with Crippen LogP contribution in [0.4, 0.5) is 10.2 Å².